The Hall–Kier alpha value is -1.55. The molecule has 1 atom stereocenters. The number of anilines is 1. The number of amidine groups is 1. The molecule has 1 N–H and O–H groups in total. The Kier molecular flexibility index (Phi) is 3.89. The molecule has 0 saturated heterocycles. The summed E-state index contributed by atoms with van der Waals surface area (Å²) in [6.45, 7) is 6.78. The Morgan fingerprint density at radius 2 is 2.10 bits per heavy atom. The summed E-state index contributed by atoms with van der Waals surface area (Å²) in [7, 11) is 0. The quantitative estimate of drug-likeness (QED) is 0.839. The fourth-order valence-electron chi connectivity index (χ4n) is 2.54. The molecule has 110 valence electrons. The van der Waals surface area contributed by atoms with Crippen LogP contribution in [-0.4, -0.2) is 21.9 Å². The van der Waals surface area contributed by atoms with Crippen LogP contribution in [0.4, 0.5) is 5.69 Å². The van der Waals surface area contributed by atoms with Crippen LogP contribution in [0, 0.1) is 5.41 Å². The number of nitrogens with one attached hydrogen (secondary N) is 1. The van der Waals surface area contributed by atoms with Gasteiger partial charge < -0.3 is 5.32 Å². The molecule has 3 nitrogen and oxygen atoms in total. The first-order valence-corrected chi connectivity index (χ1v) is 8.33. The van der Waals surface area contributed by atoms with E-state index < -0.39 is 0 Å². The number of aliphatic imine (C=N–C) groups is 1. The minimum Gasteiger partial charge on any atom is -0.334 e. The molecule has 3 rings (SSSR count). The molecule has 2 aromatic rings. The summed E-state index contributed by atoms with van der Waals surface area (Å²) in [6, 6.07) is 8.69. The van der Waals surface area contributed by atoms with Crippen molar-refractivity contribution in [1.82, 2.24) is 4.98 Å². The molecule has 0 bridgehead atoms. The van der Waals surface area contributed by atoms with Gasteiger partial charge in [0.2, 0.25) is 0 Å². The monoisotopic (exact) mass is 299 g/mol. The maximum atomic E-state index is 4.90. The highest BCUT2D eigenvalue weighted by molar-refractivity contribution is 8.14. The van der Waals surface area contributed by atoms with Crippen LogP contribution in [0.5, 0.6) is 0 Å². The third kappa shape index (κ3) is 3.21. The lowest BCUT2D eigenvalue weighted by Crippen LogP contribution is -2.30. The van der Waals surface area contributed by atoms with Crippen molar-refractivity contribution in [3.8, 4) is 0 Å². The van der Waals surface area contributed by atoms with E-state index in [-0.39, 0.29) is 5.41 Å². The van der Waals surface area contributed by atoms with Gasteiger partial charge in [-0.15, -0.1) is 0 Å². The molecule has 1 aromatic carbocycles. The summed E-state index contributed by atoms with van der Waals surface area (Å²) >= 11 is 1.80. The topological polar surface area (TPSA) is 37.3 Å². The van der Waals surface area contributed by atoms with Crippen LogP contribution >= 0.6 is 11.8 Å². The average molecular weight is 299 g/mol. The standard InChI is InChI=1S/C17H21N3S/c1-17(2,3)15-8-10-21-16(20-15)19-14-6-4-5-12-7-9-18-11-13(12)14/h4-7,9,11,15H,8,10H2,1-3H3,(H,19,20). The van der Waals surface area contributed by atoms with Crippen molar-refractivity contribution in [1.29, 1.82) is 0 Å². The molecule has 1 aromatic heterocycles. The summed E-state index contributed by atoms with van der Waals surface area (Å²) < 4.78 is 0. The lowest BCUT2D eigenvalue weighted by atomic mass is 9.85. The summed E-state index contributed by atoms with van der Waals surface area (Å²) in [4.78, 5) is 9.14. The van der Waals surface area contributed by atoms with Crippen molar-refractivity contribution in [3.63, 3.8) is 0 Å². The van der Waals surface area contributed by atoms with Crippen molar-refractivity contribution in [2.75, 3.05) is 11.1 Å². The van der Waals surface area contributed by atoms with E-state index in [1.165, 1.54) is 5.39 Å². The van der Waals surface area contributed by atoms with Gasteiger partial charge in [0.25, 0.3) is 0 Å². The Labute approximate surface area is 130 Å². The van der Waals surface area contributed by atoms with E-state index in [9.17, 15) is 0 Å². The number of nitrogens with zero attached hydrogens (tertiary/aromatic N) is 2. The minimum atomic E-state index is 0.216. The molecule has 0 radical (unpaired) electrons. The van der Waals surface area contributed by atoms with E-state index in [1.807, 2.05) is 18.5 Å². The third-order valence-corrected chi connectivity index (χ3v) is 4.75. The van der Waals surface area contributed by atoms with Gasteiger partial charge in [0.15, 0.2) is 5.17 Å². The number of thioether (sulfide) groups is 1. The number of hydrogen-bond donors (Lipinski definition) is 1. The van der Waals surface area contributed by atoms with Crippen molar-refractivity contribution < 1.29 is 0 Å². The zero-order valence-corrected chi connectivity index (χ0v) is 13.6. The Bertz CT molecular complexity index is 668. The SMILES string of the molecule is CC(C)(C)C1CCSC(Nc2cccc3ccncc23)=N1. The lowest BCUT2D eigenvalue weighted by molar-refractivity contribution is 0.316. The predicted octanol–water partition coefficient (Wildman–Crippen LogP) is 4.55. The van der Waals surface area contributed by atoms with Crippen LogP contribution in [0.3, 0.4) is 0 Å². The lowest BCUT2D eigenvalue weighted by Gasteiger charge is -2.31. The number of fused-ring (bicyclic) bond motifs is 1. The molecule has 0 fully saturated rings. The summed E-state index contributed by atoms with van der Waals surface area (Å²) in [5.41, 5.74) is 1.30. The molecule has 0 amide bonds. The molecular formula is C17H21N3S. The Balaban J connectivity index is 1.90. The number of pyridine rings is 1. The van der Waals surface area contributed by atoms with Gasteiger partial charge >= 0.3 is 0 Å². The molecule has 1 aliphatic rings. The first kappa shape index (κ1) is 14.4. The van der Waals surface area contributed by atoms with E-state index in [0.29, 0.717) is 6.04 Å². The summed E-state index contributed by atoms with van der Waals surface area (Å²) in [6.07, 6.45) is 4.89. The van der Waals surface area contributed by atoms with Gasteiger partial charge in [0.05, 0.1) is 6.04 Å². The number of hydrogen-bond acceptors (Lipinski definition) is 4. The van der Waals surface area contributed by atoms with Crippen LogP contribution in [0.25, 0.3) is 10.8 Å². The number of rotatable bonds is 1. The van der Waals surface area contributed by atoms with E-state index >= 15 is 0 Å². The predicted molar refractivity (Wildman–Crippen MR) is 93.1 cm³/mol. The second-order valence-corrected chi connectivity index (χ2v) is 7.56. The zero-order chi connectivity index (χ0) is 14.9. The molecule has 0 spiro atoms. The first-order valence-electron chi connectivity index (χ1n) is 7.34. The van der Waals surface area contributed by atoms with Gasteiger partial charge in [-0.3, -0.25) is 9.98 Å². The third-order valence-electron chi connectivity index (χ3n) is 3.83. The van der Waals surface area contributed by atoms with Crippen molar-refractivity contribution >= 4 is 33.4 Å². The maximum absolute atomic E-state index is 4.90. The van der Waals surface area contributed by atoms with Crippen LogP contribution in [-0.2, 0) is 0 Å². The van der Waals surface area contributed by atoms with Gasteiger partial charge in [-0.1, -0.05) is 44.7 Å². The maximum Gasteiger partial charge on any atom is 0.161 e. The van der Waals surface area contributed by atoms with Crippen LogP contribution < -0.4 is 5.32 Å². The fourth-order valence-corrected chi connectivity index (χ4v) is 3.46. The van der Waals surface area contributed by atoms with Crippen LogP contribution in [0.1, 0.15) is 27.2 Å². The van der Waals surface area contributed by atoms with E-state index in [0.717, 1.165) is 28.4 Å². The highest BCUT2D eigenvalue weighted by Crippen LogP contribution is 2.32. The molecule has 0 aliphatic carbocycles. The Morgan fingerprint density at radius 3 is 2.90 bits per heavy atom. The Morgan fingerprint density at radius 1 is 1.24 bits per heavy atom. The van der Waals surface area contributed by atoms with Gasteiger partial charge in [-0.05, 0) is 29.4 Å². The second-order valence-electron chi connectivity index (χ2n) is 6.48. The first-order chi connectivity index (χ1) is 10.0. The second kappa shape index (κ2) is 5.68. The van der Waals surface area contributed by atoms with Crippen molar-refractivity contribution in [2.24, 2.45) is 10.4 Å². The normalized spacial score (nSPS) is 19.4. The van der Waals surface area contributed by atoms with Crippen LogP contribution in [0.15, 0.2) is 41.7 Å². The van der Waals surface area contributed by atoms with Gasteiger partial charge in [0, 0.05) is 29.2 Å². The number of benzene rings is 1. The molecule has 2 heterocycles. The van der Waals surface area contributed by atoms with E-state index in [4.69, 9.17) is 4.99 Å². The fraction of sp³-hybridized carbons (Fsp3) is 0.412. The van der Waals surface area contributed by atoms with Crippen LogP contribution in [0.2, 0.25) is 0 Å². The van der Waals surface area contributed by atoms with E-state index in [1.54, 1.807) is 11.8 Å². The average Bonchev–Trinajstić information content (AvgIpc) is 2.47. The van der Waals surface area contributed by atoms with Gasteiger partial charge in [-0.25, -0.2) is 0 Å². The molecule has 0 saturated carbocycles. The number of aromatic nitrogens is 1. The van der Waals surface area contributed by atoms with E-state index in [2.05, 4.69) is 49.3 Å². The van der Waals surface area contributed by atoms with Gasteiger partial charge in [0.1, 0.15) is 0 Å². The molecule has 1 unspecified atom stereocenters. The molecule has 21 heavy (non-hydrogen) atoms. The molecule has 1 aliphatic heterocycles. The molecular weight excluding hydrogens is 278 g/mol. The van der Waals surface area contributed by atoms with Crippen molar-refractivity contribution in [3.05, 3.63) is 36.7 Å². The smallest absolute Gasteiger partial charge is 0.161 e. The summed E-state index contributed by atoms with van der Waals surface area (Å²) in [5.74, 6) is 1.12. The minimum absolute atomic E-state index is 0.216. The van der Waals surface area contributed by atoms with Gasteiger partial charge in [-0.2, -0.15) is 0 Å². The summed E-state index contributed by atoms with van der Waals surface area (Å²) in [5, 5.41) is 6.86. The highest BCUT2D eigenvalue weighted by Gasteiger charge is 2.27. The largest absolute Gasteiger partial charge is 0.334 e. The molecule has 4 heteroatoms. The zero-order valence-electron chi connectivity index (χ0n) is 12.8. The highest BCUT2D eigenvalue weighted by atomic mass is 32.2. The van der Waals surface area contributed by atoms with Crippen molar-refractivity contribution in [2.45, 2.75) is 33.2 Å².